The van der Waals surface area contributed by atoms with Crippen LogP contribution >= 0.6 is 0 Å². The molecule has 8 heteroatoms. The summed E-state index contributed by atoms with van der Waals surface area (Å²) in [6.45, 7) is 4.09. The Morgan fingerprint density at radius 3 is 2.53 bits per heavy atom. The summed E-state index contributed by atoms with van der Waals surface area (Å²) < 4.78 is 26.6. The minimum atomic E-state index is -0.316. The van der Waals surface area contributed by atoms with Crippen LogP contribution in [0.25, 0.3) is 44.7 Å². The van der Waals surface area contributed by atoms with Gasteiger partial charge in [0, 0.05) is 35.3 Å². The molecular formula is C35H32FN5O2. The number of halogens is 1. The molecule has 0 aliphatic carbocycles. The van der Waals surface area contributed by atoms with Crippen molar-refractivity contribution in [2.75, 3.05) is 26.2 Å². The van der Waals surface area contributed by atoms with Crippen LogP contribution in [0.3, 0.4) is 0 Å². The number of nitrogens with one attached hydrogen (secondary N) is 2. The van der Waals surface area contributed by atoms with Crippen molar-refractivity contribution in [1.29, 1.82) is 0 Å². The summed E-state index contributed by atoms with van der Waals surface area (Å²) in [7, 11) is 0. The highest BCUT2D eigenvalue weighted by Crippen LogP contribution is 2.35. The largest absolute Gasteiger partial charge is 0.492 e. The Kier molecular flexibility index (Phi) is 7.58. The molecule has 0 radical (unpaired) electrons. The highest BCUT2D eigenvalue weighted by atomic mass is 19.1. The standard InChI is InChI=1S/C35H32FN5O2/c36-27-15-25(16-28(18-27)42-14-13-41-11-4-5-12-41)30-9-6-10-32-31(30)19-34(38-32)35-20-33(39-40-35)26-17-29(22-37-21-26)43-23-24-7-2-1-3-8-24/h1-3,6-10,15-22,38H,4-5,11-14,23H2,(H,39,40). The van der Waals surface area contributed by atoms with Crippen molar-refractivity contribution >= 4 is 10.9 Å². The molecule has 4 heterocycles. The first-order valence-corrected chi connectivity index (χ1v) is 14.6. The molecule has 3 aromatic carbocycles. The molecule has 0 unspecified atom stereocenters. The predicted octanol–water partition coefficient (Wildman–Crippen LogP) is 7.48. The maximum Gasteiger partial charge on any atom is 0.138 e. The van der Waals surface area contributed by atoms with E-state index in [4.69, 9.17) is 9.47 Å². The number of rotatable bonds is 10. The maximum atomic E-state index is 14.7. The van der Waals surface area contributed by atoms with Crippen LogP contribution in [-0.2, 0) is 6.61 Å². The zero-order chi connectivity index (χ0) is 29.0. The van der Waals surface area contributed by atoms with Gasteiger partial charge in [0.25, 0.3) is 0 Å². The van der Waals surface area contributed by atoms with Gasteiger partial charge < -0.3 is 14.5 Å². The molecule has 1 fully saturated rings. The molecule has 2 N–H and O–H groups in total. The average molecular weight is 574 g/mol. The summed E-state index contributed by atoms with van der Waals surface area (Å²) in [5.74, 6) is 0.905. The molecule has 0 bridgehead atoms. The summed E-state index contributed by atoms with van der Waals surface area (Å²) in [4.78, 5) is 10.2. The number of hydrogen-bond acceptors (Lipinski definition) is 5. The van der Waals surface area contributed by atoms with Crippen molar-refractivity contribution in [2.45, 2.75) is 19.4 Å². The lowest BCUT2D eigenvalue weighted by Crippen LogP contribution is -2.25. The molecule has 1 saturated heterocycles. The number of H-pyrrole nitrogens is 2. The van der Waals surface area contributed by atoms with Crippen molar-refractivity contribution in [2.24, 2.45) is 0 Å². The fraction of sp³-hybridized carbons (Fsp3) is 0.200. The van der Waals surface area contributed by atoms with Crippen LogP contribution in [0, 0.1) is 5.82 Å². The molecule has 0 amide bonds. The molecule has 7 rings (SSSR count). The number of likely N-dealkylation sites (tertiary alicyclic amines) is 1. The topological polar surface area (TPSA) is 79.1 Å². The van der Waals surface area contributed by atoms with Gasteiger partial charge in [-0.1, -0.05) is 42.5 Å². The second kappa shape index (κ2) is 12.1. The van der Waals surface area contributed by atoms with E-state index in [2.05, 4.69) is 31.1 Å². The van der Waals surface area contributed by atoms with Crippen molar-refractivity contribution in [3.63, 3.8) is 0 Å². The van der Waals surface area contributed by atoms with Gasteiger partial charge in [0.2, 0.25) is 0 Å². The Bertz CT molecular complexity index is 1840. The molecular weight excluding hydrogens is 541 g/mol. The number of benzene rings is 3. The van der Waals surface area contributed by atoms with E-state index in [0.717, 1.165) is 69.9 Å². The second-order valence-corrected chi connectivity index (χ2v) is 10.9. The Morgan fingerprint density at radius 1 is 0.791 bits per heavy atom. The smallest absolute Gasteiger partial charge is 0.138 e. The quantitative estimate of drug-likeness (QED) is 0.178. The lowest BCUT2D eigenvalue weighted by atomic mass is 10.0. The zero-order valence-corrected chi connectivity index (χ0v) is 23.7. The third kappa shape index (κ3) is 6.15. The summed E-state index contributed by atoms with van der Waals surface area (Å²) >= 11 is 0. The normalized spacial score (nSPS) is 13.5. The fourth-order valence-electron chi connectivity index (χ4n) is 5.64. The summed E-state index contributed by atoms with van der Waals surface area (Å²) in [6, 6.07) is 27.0. The summed E-state index contributed by atoms with van der Waals surface area (Å²) in [5.41, 5.74) is 7.05. The van der Waals surface area contributed by atoms with E-state index < -0.39 is 0 Å². The van der Waals surface area contributed by atoms with Crippen molar-refractivity contribution in [3.05, 3.63) is 109 Å². The van der Waals surface area contributed by atoms with Crippen LogP contribution in [0.5, 0.6) is 11.5 Å². The van der Waals surface area contributed by atoms with E-state index in [1.165, 1.54) is 18.9 Å². The van der Waals surface area contributed by atoms with Crippen molar-refractivity contribution in [3.8, 4) is 45.3 Å². The van der Waals surface area contributed by atoms with Gasteiger partial charge in [-0.3, -0.25) is 15.0 Å². The van der Waals surface area contributed by atoms with E-state index in [1.54, 1.807) is 18.5 Å². The summed E-state index contributed by atoms with van der Waals surface area (Å²) in [5, 5.41) is 8.68. The van der Waals surface area contributed by atoms with Crippen LogP contribution in [0.2, 0.25) is 0 Å². The first kappa shape index (κ1) is 26.9. The molecule has 43 heavy (non-hydrogen) atoms. The second-order valence-electron chi connectivity index (χ2n) is 10.9. The SMILES string of the molecule is Fc1cc(OCCN2CCCC2)cc(-c2cccc3[nH]c(-c4cc(-c5cncc(OCc6ccccc6)c5)n[nH]4)cc23)c1. The van der Waals surface area contributed by atoms with Gasteiger partial charge in [-0.25, -0.2) is 4.39 Å². The molecule has 1 aliphatic rings. The third-order valence-electron chi connectivity index (χ3n) is 7.85. The van der Waals surface area contributed by atoms with E-state index in [9.17, 15) is 4.39 Å². The van der Waals surface area contributed by atoms with Crippen LogP contribution in [0.1, 0.15) is 18.4 Å². The van der Waals surface area contributed by atoms with Crippen LogP contribution in [-0.4, -0.2) is 51.3 Å². The van der Waals surface area contributed by atoms with E-state index in [0.29, 0.717) is 24.7 Å². The predicted molar refractivity (Wildman–Crippen MR) is 166 cm³/mol. The van der Waals surface area contributed by atoms with Crippen LogP contribution in [0.15, 0.2) is 97.3 Å². The number of pyridine rings is 1. The number of nitrogens with zero attached hydrogens (tertiary/aromatic N) is 3. The van der Waals surface area contributed by atoms with Crippen molar-refractivity contribution < 1.29 is 13.9 Å². The van der Waals surface area contributed by atoms with E-state index >= 15 is 0 Å². The van der Waals surface area contributed by atoms with Gasteiger partial charge >= 0.3 is 0 Å². The molecule has 7 nitrogen and oxygen atoms in total. The molecule has 1 aliphatic heterocycles. The van der Waals surface area contributed by atoms with Crippen LogP contribution < -0.4 is 9.47 Å². The Morgan fingerprint density at radius 2 is 1.65 bits per heavy atom. The van der Waals surface area contributed by atoms with E-state index in [-0.39, 0.29) is 5.82 Å². The molecule has 3 aromatic heterocycles. The van der Waals surface area contributed by atoms with E-state index in [1.807, 2.05) is 66.7 Å². The molecule has 216 valence electrons. The molecule has 0 spiro atoms. The number of aromatic nitrogens is 4. The number of ether oxygens (including phenoxy) is 2. The Balaban J connectivity index is 1.10. The van der Waals surface area contributed by atoms with Gasteiger partial charge in [0.15, 0.2) is 0 Å². The van der Waals surface area contributed by atoms with Gasteiger partial charge in [0.1, 0.15) is 30.5 Å². The highest BCUT2D eigenvalue weighted by Gasteiger charge is 2.15. The molecule has 0 saturated carbocycles. The van der Waals surface area contributed by atoms with Gasteiger partial charge in [-0.2, -0.15) is 5.10 Å². The lowest BCUT2D eigenvalue weighted by Gasteiger charge is -2.15. The Labute approximate surface area is 249 Å². The number of aromatic amines is 2. The highest BCUT2D eigenvalue weighted by molar-refractivity contribution is 5.98. The minimum Gasteiger partial charge on any atom is -0.492 e. The van der Waals surface area contributed by atoms with Crippen molar-refractivity contribution in [1.82, 2.24) is 25.1 Å². The molecule has 0 atom stereocenters. The first-order valence-electron chi connectivity index (χ1n) is 14.6. The number of hydrogen-bond donors (Lipinski definition) is 2. The van der Waals surface area contributed by atoms with Gasteiger partial charge in [0.05, 0.1) is 23.3 Å². The average Bonchev–Trinajstić information content (AvgIpc) is 3.82. The monoisotopic (exact) mass is 573 g/mol. The van der Waals surface area contributed by atoms with Crippen LogP contribution in [0.4, 0.5) is 4.39 Å². The minimum absolute atomic E-state index is 0.316. The Hall–Kier alpha value is -4.95. The lowest BCUT2D eigenvalue weighted by molar-refractivity contribution is 0.237. The van der Waals surface area contributed by atoms with Gasteiger partial charge in [-0.15, -0.1) is 0 Å². The first-order chi connectivity index (χ1) is 21.2. The fourth-order valence-corrected chi connectivity index (χ4v) is 5.64. The zero-order valence-electron chi connectivity index (χ0n) is 23.7. The number of fused-ring (bicyclic) bond motifs is 1. The van der Waals surface area contributed by atoms with Gasteiger partial charge in [-0.05, 0) is 79.0 Å². The molecule has 6 aromatic rings. The third-order valence-corrected chi connectivity index (χ3v) is 7.85. The summed E-state index contributed by atoms with van der Waals surface area (Å²) in [6.07, 6.45) is 5.95. The maximum absolute atomic E-state index is 14.7.